The molecule has 0 amide bonds. The van der Waals surface area contributed by atoms with E-state index in [1.54, 1.807) is 0 Å². The zero-order valence-electron chi connectivity index (χ0n) is 14.8. The van der Waals surface area contributed by atoms with E-state index < -0.39 is 55.4 Å². The molecular weight excluding hydrogens is 376 g/mol. The van der Waals surface area contributed by atoms with Crippen molar-refractivity contribution in [3.63, 3.8) is 0 Å². The van der Waals surface area contributed by atoms with Gasteiger partial charge in [-0.05, 0) is 17.7 Å². The minimum absolute atomic E-state index is 0.00363. The summed E-state index contributed by atoms with van der Waals surface area (Å²) in [5.74, 6) is -1.11. The first-order valence-corrected chi connectivity index (χ1v) is 8.78. The van der Waals surface area contributed by atoms with Gasteiger partial charge in [0, 0.05) is 0 Å². The predicted octanol–water partition coefficient (Wildman–Crippen LogP) is -1.38. The lowest BCUT2D eigenvalue weighted by Gasteiger charge is -2.41. The summed E-state index contributed by atoms with van der Waals surface area (Å²) in [7, 11) is 0. The number of benzene rings is 1. The Morgan fingerprint density at radius 1 is 1.18 bits per heavy atom. The summed E-state index contributed by atoms with van der Waals surface area (Å²) in [6, 6.07) is 5.91. The molecule has 10 nitrogen and oxygen atoms in total. The van der Waals surface area contributed by atoms with Gasteiger partial charge in [-0.3, -0.25) is 9.59 Å². The SMILES string of the molecule is O=C1C[C@@H](O[C@@H]2O[C@H](CO)[C@@H](OC(=O)Cc3ccc(O)cc3)[C@H](O)[C@H]2O)CO1. The van der Waals surface area contributed by atoms with Crippen LogP contribution in [-0.2, 0) is 35.0 Å². The number of esters is 2. The average molecular weight is 398 g/mol. The van der Waals surface area contributed by atoms with Crippen LogP contribution in [0.4, 0.5) is 0 Å². The molecule has 0 unspecified atom stereocenters. The van der Waals surface area contributed by atoms with Crippen LogP contribution < -0.4 is 0 Å². The van der Waals surface area contributed by atoms with Crippen molar-refractivity contribution < 1.29 is 49.0 Å². The van der Waals surface area contributed by atoms with Crippen LogP contribution in [0.15, 0.2) is 24.3 Å². The smallest absolute Gasteiger partial charge is 0.310 e. The van der Waals surface area contributed by atoms with Gasteiger partial charge in [0.05, 0.1) is 19.4 Å². The number of aromatic hydroxyl groups is 1. The van der Waals surface area contributed by atoms with Crippen molar-refractivity contribution >= 4 is 11.9 Å². The molecule has 4 N–H and O–H groups in total. The van der Waals surface area contributed by atoms with E-state index in [1.807, 2.05) is 0 Å². The van der Waals surface area contributed by atoms with Crippen molar-refractivity contribution in [2.75, 3.05) is 13.2 Å². The van der Waals surface area contributed by atoms with Crippen LogP contribution in [0.1, 0.15) is 12.0 Å². The van der Waals surface area contributed by atoms with Gasteiger partial charge in [-0.25, -0.2) is 0 Å². The number of hydrogen-bond acceptors (Lipinski definition) is 10. The predicted molar refractivity (Wildman–Crippen MR) is 89.9 cm³/mol. The van der Waals surface area contributed by atoms with Crippen molar-refractivity contribution in [3.8, 4) is 5.75 Å². The van der Waals surface area contributed by atoms with E-state index in [4.69, 9.17) is 18.9 Å². The summed E-state index contributed by atoms with van der Waals surface area (Å²) < 4.78 is 20.9. The number of ether oxygens (including phenoxy) is 4. The minimum Gasteiger partial charge on any atom is -0.508 e. The van der Waals surface area contributed by atoms with Gasteiger partial charge in [0.25, 0.3) is 0 Å². The van der Waals surface area contributed by atoms with Crippen LogP contribution in [0.2, 0.25) is 0 Å². The monoisotopic (exact) mass is 398 g/mol. The molecule has 0 aliphatic carbocycles. The second kappa shape index (κ2) is 8.84. The van der Waals surface area contributed by atoms with Gasteiger partial charge in [-0.15, -0.1) is 0 Å². The molecular formula is C18H22O10. The van der Waals surface area contributed by atoms with Crippen molar-refractivity contribution in [2.24, 2.45) is 0 Å². The van der Waals surface area contributed by atoms with Crippen LogP contribution in [0.25, 0.3) is 0 Å². The summed E-state index contributed by atoms with van der Waals surface area (Å²) in [4.78, 5) is 23.3. The van der Waals surface area contributed by atoms with E-state index >= 15 is 0 Å². The second-order valence-corrected chi connectivity index (χ2v) is 6.65. The highest BCUT2D eigenvalue weighted by Gasteiger charge is 2.48. The third-order valence-electron chi connectivity index (χ3n) is 4.52. The Bertz CT molecular complexity index is 688. The first-order valence-electron chi connectivity index (χ1n) is 8.78. The highest BCUT2D eigenvalue weighted by Crippen LogP contribution is 2.27. The summed E-state index contributed by atoms with van der Waals surface area (Å²) in [5.41, 5.74) is 0.572. The highest BCUT2D eigenvalue weighted by atomic mass is 16.7. The summed E-state index contributed by atoms with van der Waals surface area (Å²) in [6.45, 7) is -0.600. The molecule has 0 saturated carbocycles. The Balaban J connectivity index is 1.60. The minimum atomic E-state index is -1.57. The molecule has 2 fully saturated rings. The number of phenols is 1. The third-order valence-corrected chi connectivity index (χ3v) is 4.52. The molecule has 1 aromatic rings. The second-order valence-electron chi connectivity index (χ2n) is 6.65. The first-order chi connectivity index (χ1) is 13.4. The highest BCUT2D eigenvalue weighted by molar-refractivity contribution is 5.73. The fraction of sp³-hybridized carbons (Fsp3) is 0.556. The van der Waals surface area contributed by atoms with Crippen molar-refractivity contribution in [1.29, 1.82) is 0 Å². The molecule has 28 heavy (non-hydrogen) atoms. The number of hydrogen-bond donors (Lipinski definition) is 4. The average Bonchev–Trinajstić information content (AvgIpc) is 3.08. The quantitative estimate of drug-likeness (QED) is 0.422. The molecule has 2 heterocycles. The number of cyclic esters (lactones) is 1. The van der Waals surface area contributed by atoms with E-state index in [0.29, 0.717) is 5.56 Å². The van der Waals surface area contributed by atoms with Crippen molar-refractivity contribution in [3.05, 3.63) is 29.8 Å². The third kappa shape index (κ3) is 4.78. The standard InChI is InChI=1S/C18H22O10/c19-7-12-17(28-14(22)5-9-1-3-10(20)4-2-9)15(23)16(24)18(27-12)26-11-6-13(21)25-8-11/h1-4,11-12,15-20,23-24H,5-8H2/t11-,12-,15-,16-,17-,18-/m1/s1. The van der Waals surface area contributed by atoms with E-state index in [9.17, 15) is 30.0 Å². The molecule has 2 aliphatic heterocycles. The van der Waals surface area contributed by atoms with Crippen LogP contribution in [-0.4, -0.2) is 82.4 Å². The molecule has 0 bridgehead atoms. The van der Waals surface area contributed by atoms with Gasteiger partial charge in [0.15, 0.2) is 12.4 Å². The lowest BCUT2D eigenvalue weighted by atomic mass is 9.98. The van der Waals surface area contributed by atoms with Gasteiger partial charge in [-0.2, -0.15) is 0 Å². The summed E-state index contributed by atoms with van der Waals surface area (Å²) in [6.07, 6.45) is -7.71. The number of aliphatic hydroxyl groups excluding tert-OH is 3. The summed E-state index contributed by atoms with van der Waals surface area (Å²) in [5, 5.41) is 39.4. The van der Waals surface area contributed by atoms with Crippen molar-refractivity contribution in [1.82, 2.24) is 0 Å². The van der Waals surface area contributed by atoms with Crippen LogP contribution in [0.5, 0.6) is 5.75 Å². The Labute approximate surface area is 160 Å². The van der Waals surface area contributed by atoms with E-state index in [1.165, 1.54) is 24.3 Å². The molecule has 0 aromatic heterocycles. The molecule has 2 aliphatic rings. The largest absolute Gasteiger partial charge is 0.508 e. The number of phenolic OH excluding ortho intramolecular Hbond substituents is 1. The van der Waals surface area contributed by atoms with E-state index in [2.05, 4.69) is 0 Å². The van der Waals surface area contributed by atoms with Crippen LogP contribution >= 0.6 is 0 Å². The molecule has 3 rings (SSSR count). The summed E-state index contributed by atoms with van der Waals surface area (Å²) >= 11 is 0. The maximum absolute atomic E-state index is 12.2. The number of aliphatic hydroxyl groups is 3. The molecule has 0 radical (unpaired) electrons. The Kier molecular flexibility index (Phi) is 6.47. The normalized spacial score (nSPS) is 32.8. The number of rotatable bonds is 6. The maximum atomic E-state index is 12.2. The number of carbonyl (C=O) groups excluding carboxylic acids is 2. The molecule has 6 atom stereocenters. The van der Waals surface area contributed by atoms with Crippen LogP contribution in [0, 0.1) is 0 Å². The molecule has 2 saturated heterocycles. The van der Waals surface area contributed by atoms with Gasteiger partial charge in [0.1, 0.15) is 36.8 Å². The van der Waals surface area contributed by atoms with Gasteiger partial charge in [-0.1, -0.05) is 12.1 Å². The molecule has 10 heteroatoms. The Morgan fingerprint density at radius 2 is 1.89 bits per heavy atom. The van der Waals surface area contributed by atoms with Gasteiger partial charge >= 0.3 is 11.9 Å². The van der Waals surface area contributed by atoms with Gasteiger partial charge < -0.3 is 39.4 Å². The van der Waals surface area contributed by atoms with Crippen molar-refractivity contribution in [2.45, 2.75) is 49.7 Å². The topological polar surface area (TPSA) is 152 Å². The molecule has 1 aromatic carbocycles. The lowest BCUT2D eigenvalue weighted by molar-refractivity contribution is -0.312. The maximum Gasteiger partial charge on any atom is 0.310 e. The fourth-order valence-corrected chi connectivity index (χ4v) is 3.05. The Hall–Kier alpha value is -2.24. The zero-order valence-corrected chi connectivity index (χ0v) is 14.8. The molecule has 154 valence electrons. The fourth-order valence-electron chi connectivity index (χ4n) is 3.05. The molecule has 0 spiro atoms. The van der Waals surface area contributed by atoms with Crippen LogP contribution in [0.3, 0.4) is 0 Å². The lowest BCUT2D eigenvalue weighted by Crippen LogP contribution is -2.61. The van der Waals surface area contributed by atoms with E-state index in [0.717, 1.165) is 0 Å². The first kappa shape index (κ1) is 20.5. The Morgan fingerprint density at radius 3 is 2.50 bits per heavy atom. The van der Waals surface area contributed by atoms with Gasteiger partial charge in [0.2, 0.25) is 0 Å². The van der Waals surface area contributed by atoms with E-state index in [-0.39, 0.29) is 25.2 Å². The number of carbonyl (C=O) groups is 2. The zero-order chi connectivity index (χ0) is 20.3.